The van der Waals surface area contributed by atoms with Crippen LogP contribution >= 0.6 is 23.2 Å². The van der Waals surface area contributed by atoms with E-state index in [0.717, 1.165) is 18.4 Å². The minimum atomic E-state index is -0.156. The summed E-state index contributed by atoms with van der Waals surface area (Å²) in [6.45, 7) is 2.99. The highest BCUT2D eigenvalue weighted by molar-refractivity contribution is 6.42. The van der Waals surface area contributed by atoms with Crippen LogP contribution in [0, 0.1) is 5.92 Å². The molecule has 2 heterocycles. The molecule has 1 atom stereocenters. The van der Waals surface area contributed by atoms with Crippen LogP contribution in [0.3, 0.4) is 0 Å². The summed E-state index contributed by atoms with van der Waals surface area (Å²) < 4.78 is 0. The topological polar surface area (TPSA) is 65.5 Å². The van der Waals surface area contributed by atoms with Gasteiger partial charge in [-0.15, -0.1) is 0 Å². The molecular formula is C24H28Cl2N4O2. The molecule has 8 heteroatoms. The molecule has 0 radical (unpaired) electrons. The van der Waals surface area contributed by atoms with E-state index in [0.29, 0.717) is 54.3 Å². The predicted octanol–water partition coefficient (Wildman–Crippen LogP) is 4.02. The third-order valence-electron chi connectivity index (χ3n) is 6.47. The van der Waals surface area contributed by atoms with E-state index in [9.17, 15) is 9.59 Å². The molecule has 1 aliphatic heterocycles. The van der Waals surface area contributed by atoms with Crippen LogP contribution in [0.15, 0.2) is 42.7 Å². The molecule has 0 spiro atoms. The summed E-state index contributed by atoms with van der Waals surface area (Å²) in [5, 5.41) is 3.93. The van der Waals surface area contributed by atoms with Crippen LogP contribution in [0.25, 0.3) is 0 Å². The quantitative estimate of drug-likeness (QED) is 0.686. The van der Waals surface area contributed by atoms with Crippen LogP contribution in [-0.4, -0.2) is 58.8 Å². The third-order valence-corrected chi connectivity index (χ3v) is 7.20. The van der Waals surface area contributed by atoms with Crippen molar-refractivity contribution < 1.29 is 9.59 Å². The van der Waals surface area contributed by atoms with E-state index in [1.807, 2.05) is 17.0 Å². The van der Waals surface area contributed by atoms with Crippen LogP contribution in [0.5, 0.6) is 0 Å². The molecule has 0 bridgehead atoms. The number of nitrogens with one attached hydrogen (secondary N) is 1. The van der Waals surface area contributed by atoms with Gasteiger partial charge in [-0.2, -0.15) is 0 Å². The molecule has 1 saturated carbocycles. The van der Waals surface area contributed by atoms with Crippen LogP contribution < -0.4 is 5.32 Å². The Kier molecular flexibility index (Phi) is 7.66. The Morgan fingerprint density at radius 1 is 1.06 bits per heavy atom. The first kappa shape index (κ1) is 23.0. The summed E-state index contributed by atoms with van der Waals surface area (Å²) in [6.07, 6.45) is 8.00. The fourth-order valence-corrected chi connectivity index (χ4v) is 5.06. The second-order valence-corrected chi connectivity index (χ2v) is 9.34. The van der Waals surface area contributed by atoms with Crippen LogP contribution in [0.4, 0.5) is 0 Å². The molecule has 2 amide bonds. The van der Waals surface area contributed by atoms with Gasteiger partial charge < -0.3 is 10.2 Å². The average molecular weight is 475 g/mol. The molecule has 6 nitrogen and oxygen atoms in total. The van der Waals surface area contributed by atoms with Crippen molar-refractivity contribution in [2.75, 3.05) is 26.2 Å². The molecule has 1 aromatic heterocycles. The Balaban J connectivity index is 1.39. The summed E-state index contributed by atoms with van der Waals surface area (Å²) in [5.41, 5.74) is 1.53. The Labute approximate surface area is 198 Å². The summed E-state index contributed by atoms with van der Waals surface area (Å²) >= 11 is 12.1. The molecule has 2 fully saturated rings. The zero-order valence-electron chi connectivity index (χ0n) is 18.0. The number of rotatable bonds is 6. The van der Waals surface area contributed by atoms with Gasteiger partial charge in [0.1, 0.15) is 0 Å². The fourth-order valence-electron chi connectivity index (χ4n) is 4.76. The number of halogens is 2. The lowest BCUT2D eigenvalue weighted by atomic mass is 9.95. The maximum absolute atomic E-state index is 13.2. The summed E-state index contributed by atoms with van der Waals surface area (Å²) in [6, 6.07) is 8.65. The van der Waals surface area contributed by atoms with Crippen LogP contribution in [-0.2, 0) is 11.3 Å². The molecule has 1 unspecified atom stereocenters. The Hall–Kier alpha value is -2.15. The number of nitrogens with zero attached hydrogens (tertiary/aromatic N) is 3. The molecule has 4 rings (SSSR count). The van der Waals surface area contributed by atoms with Gasteiger partial charge in [0, 0.05) is 50.7 Å². The Morgan fingerprint density at radius 2 is 1.81 bits per heavy atom. The maximum atomic E-state index is 13.2. The lowest BCUT2D eigenvalue weighted by molar-refractivity contribution is -0.129. The van der Waals surface area contributed by atoms with Gasteiger partial charge in [0.15, 0.2) is 0 Å². The van der Waals surface area contributed by atoms with Gasteiger partial charge in [0.25, 0.3) is 5.91 Å². The van der Waals surface area contributed by atoms with Crippen molar-refractivity contribution in [1.29, 1.82) is 0 Å². The molecular weight excluding hydrogens is 447 g/mol. The summed E-state index contributed by atoms with van der Waals surface area (Å²) in [7, 11) is 0. The SMILES string of the molecule is O=C(NCc1cccnc1)C(C1CCCC1)N1CCN(C(=O)c2ccc(Cl)c(Cl)c2)CC1. The number of amides is 2. The average Bonchev–Trinajstić information content (AvgIpc) is 3.35. The van der Waals surface area contributed by atoms with Gasteiger partial charge in [0.05, 0.1) is 16.1 Å². The number of carbonyl (C=O) groups is 2. The lowest BCUT2D eigenvalue weighted by Gasteiger charge is -2.40. The highest BCUT2D eigenvalue weighted by Crippen LogP contribution is 2.31. The number of pyridine rings is 1. The monoisotopic (exact) mass is 474 g/mol. The van der Waals surface area contributed by atoms with Crippen molar-refractivity contribution in [3.8, 4) is 0 Å². The van der Waals surface area contributed by atoms with E-state index in [2.05, 4.69) is 15.2 Å². The van der Waals surface area contributed by atoms with Crippen LogP contribution in [0.2, 0.25) is 10.0 Å². The Bertz CT molecular complexity index is 942. The van der Waals surface area contributed by atoms with Gasteiger partial charge >= 0.3 is 0 Å². The highest BCUT2D eigenvalue weighted by Gasteiger charge is 2.37. The molecule has 1 saturated heterocycles. The molecule has 2 aromatic rings. The molecule has 2 aliphatic rings. The normalized spacial score (nSPS) is 18.5. The van der Waals surface area contributed by atoms with Crippen molar-refractivity contribution in [2.45, 2.75) is 38.3 Å². The zero-order chi connectivity index (χ0) is 22.5. The fraction of sp³-hybridized carbons (Fsp3) is 0.458. The van der Waals surface area contributed by atoms with E-state index in [1.54, 1.807) is 30.6 Å². The number of hydrogen-bond donors (Lipinski definition) is 1. The van der Waals surface area contributed by atoms with Gasteiger partial charge in [-0.3, -0.25) is 19.5 Å². The first-order valence-corrected chi connectivity index (χ1v) is 11.9. The molecule has 1 N–H and O–H groups in total. The second kappa shape index (κ2) is 10.6. The van der Waals surface area contributed by atoms with E-state index < -0.39 is 0 Å². The van der Waals surface area contributed by atoms with Gasteiger partial charge in [-0.05, 0) is 48.6 Å². The smallest absolute Gasteiger partial charge is 0.253 e. The van der Waals surface area contributed by atoms with Crippen molar-refractivity contribution in [3.05, 3.63) is 63.9 Å². The first-order valence-electron chi connectivity index (χ1n) is 11.2. The predicted molar refractivity (Wildman–Crippen MR) is 126 cm³/mol. The van der Waals surface area contributed by atoms with Crippen molar-refractivity contribution >= 4 is 35.0 Å². The number of hydrogen-bond acceptors (Lipinski definition) is 4. The van der Waals surface area contributed by atoms with Gasteiger partial charge in [-0.25, -0.2) is 0 Å². The van der Waals surface area contributed by atoms with Crippen LogP contribution in [0.1, 0.15) is 41.6 Å². The van der Waals surface area contributed by atoms with Gasteiger partial charge in [0.2, 0.25) is 5.91 Å². The minimum absolute atomic E-state index is 0.0540. The molecule has 32 heavy (non-hydrogen) atoms. The second-order valence-electron chi connectivity index (χ2n) is 8.53. The third kappa shape index (κ3) is 5.42. The number of aromatic nitrogens is 1. The zero-order valence-corrected chi connectivity index (χ0v) is 19.5. The Morgan fingerprint density at radius 3 is 2.47 bits per heavy atom. The highest BCUT2D eigenvalue weighted by atomic mass is 35.5. The van der Waals surface area contributed by atoms with E-state index in [1.165, 1.54) is 12.8 Å². The van der Waals surface area contributed by atoms with Crippen molar-refractivity contribution in [3.63, 3.8) is 0 Å². The van der Waals surface area contributed by atoms with Crippen molar-refractivity contribution in [2.24, 2.45) is 5.92 Å². The molecule has 1 aliphatic carbocycles. The first-order chi connectivity index (χ1) is 15.5. The van der Waals surface area contributed by atoms with Crippen molar-refractivity contribution in [1.82, 2.24) is 20.1 Å². The standard InChI is InChI=1S/C24H28Cl2N4O2/c25-20-8-7-19(14-21(20)26)24(32)30-12-10-29(11-13-30)22(18-5-1-2-6-18)23(31)28-16-17-4-3-9-27-15-17/h3-4,7-9,14-15,18,22H,1-2,5-6,10-13,16H2,(H,28,31). The summed E-state index contributed by atoms with van der Waals surface area (Å²) in [5.74, 6) is 0.382. The maximum Gasteiger partial charge on any atom is 0.253 e. The molecule has 1 aromatic carbocycles. The lowest BCUT2D eigenvalue weighted by Crippen LogP contribution is -2.57. The van der Waals surface area contributed by atoms with E-state index in [4.69, 9.17) is 23.2 Å². The van der Waals surface area contributed by atoms with Gasteiger partial charge in [-0.1, -0.05) is 42.1 Å². The minimum Gasteiger partial charge on any atom is -0.351 e. The number of benzene rings is 1. The largest absolute Gasteiger partial charge is 0.351 e. The number of piperazine rings is 1. The van der Waals surface area contributed by atoms with E-state index >= 15 is 0 Å². The number of carbonyl (C=O) groups excluding carboxylic acids is 2. The van der Waals surface area contributed by atoms with E-state index in [-0.39, 0.29) is 17.9 Å². The molecule has 170 valence electrons. The summed E-state index contributed by atoms with van der Waals surface area (Å²) in [4.78, 5) is 34.3.